The molecular weight excluding hydrogens is 200 g/mol. The van der Waals surface area contributed by atoms with Crippen molar-refractivity contribution in [2.45, 2.75) is 11.8 Å². The lowest BCUT2D eigenvalue weighted by molar-refractivity contribution is 0.597. The van der Waals surface area contributed by atoms with Gasteiger partial charge in [-0.2, -0.15) is 0 Å². The summed E-state index contributed by atoms with van der Waals surface area (Å²) in [6.45, 7) is 1.63. The van der Waals surface area contributed by atoms with E-state index in [0.717, 1.165) is 5.52 Å². The van der Waals surface area contributed by atoms with Crippen LogP contribution in [0.4, 0.5) is 0 Å². The van der Waals surface area contributed by atoms with Crippen LogP contribution in [0.1, 0.15) is 6.92 Å². The molecule has 1 aromatic carbocycles. The number of hydrogen-bond donors (Lipinski definition) is 1. The summed E-state index contributed by atoms with van der Waals surface area (Å²) in [7, 11) is -3.12. The minimum absolute atomic E-state index is 0.114. The predicted molar refractivity (Wildman–Crippen MR) is 53.8 cm³/mol. The summed E-state index contributed by atoms with van der Waals surface area (Å²) in [5.41, 5.74) is 1.53. The molecule has 0 aliphatic heterocycles. The molecule has 0 amide bonds. The third-order valence-electron chi connectivity index (χ3n) is 2.13. The quantitative estimate of drug-likeness (QED) is 0.814. The lowest BCUT2D eigenvalue weighted by Gasteiger charge is -1.99. The molecule has 0 fully saturated rings. The number of imidazole rings is 1. The highest BCUT2D eigenvalue weighted by Gasteiger charge is 2.11. The highest BCUT2D eigenvalue weighted by atomic mass is 32.2. The number of aromatic nitrogens is 2. The molecule has 0 aliphatic rings. The largest absolute Gasteiger partial charge is 0.345 e. The fraction of sp³-hybridized carbons (Fsp3) is 0.222. The Morgan fingerprint density at radius 1 is 1.43 bits per heavy atom. The van der Waals surface area contributed by atoms with Gasteiger partial charge in [-0.05, 0) is 18.2 Å². The maximum atomic E-state index is 11.5. The van der Waals surface area contributed by atoms with Crippen LogP contribution in [-0.2, 0) is 9.84 Å². The maximum absolute atomic E-state index is 11.5. The van der Waals surface area contributed by atoms with Gasteiger partial charge in [-0.25, -0.2) is 13.4 Å². The molecule has 0 atom stereocenters. The number of benzene rings is 1. The standard InChI is InChI=1S/C9H10N2O2S/c1-2-14(12,13)7-3-4-8-9(5-7)11-6-10-8/h3-6H,2H2,1H3,(H,10,11). The molecule has 0 spiro atoms. The van der Waals surface area contributed by atoms with Crippen LogP contribution < -0.4 is 0 Å². The van der Waals surface area contributed by atoms with Crippen molar-refractivity contribution in [1.82, 2.24) is 9.97 Å². The normalized spacial score (nSPS) is 12.1. The first kappa shape index (κ1) is 9.21. The number of H-pyrrole nitrogens is 1. The van der Waals surface area contributed by atoms with E-state index in [2.05, 4.69) is 9.97 Å². The van der Waals surface area contributed by atoms with Crippen LogP contribution in [0.3, 0.4) is 0 Å². The van der Waals surface area contributed by atoms with Crippen LogP contribution in [0, 0.1) is 0 Å². The van der Waals surface area contributed by atoms with Gasteiger partial charge in [0.25, 0.3) is 0 Å². The van der Waals surface area contributed by atoms with Gasteiger partial charge in [-0.3, -0.25) is 0 Å². The zero-order valence-electron chi connectivity index (χ0n) is 7.69. The SMILES string of the molecule is CCS(=O)(=O)c1ccc2[nH]cnc2c1. The van der Waals surface area contributed by atoms with Gasteiger partial charge in [0.2, 0.25) is 0 Å². The Bertz CT molecular complexity index is 557. The molecule has 2 rings (SSSR count). The van der Waals surface area contributed by atoms with E-state index in [-0.39, 0.29) is 5.75 Å². The smallest absolute Gasteiger partial charge is 0.178 e. The number of rotatable bonds is 2. The number of sulfone groups is 1. The third-order valence-corrected chi connectivity index (χ3v) is 3.86. The van der Waals surface area contributed by atoms with E-state index in [1.165, 1.54) is 0 Å². The van der Waals surface area contributed by atoms with E-state index in [0.29, 0.717) is 10.4 Å². The minimum Gasteiger partial charge on any atom is -0.345 e. The van der Waals surface area contributed by atoms with Crippen molar-refractivity contribution in [3.05, 3.63) is 24.5 Å². The molecule has 1 aromatic heterocycles. The van der Waals surface area contributed by atoms with Gasteiger partial charge in [0, 0.05) is 0 Å². The molecule has 0 radical (unpaired) electrons. The fourth-order valence-corrected chi connectivity index (χ4v) is 2.17. The average molecular weight is 210 g/mol. The molecule has 0 saturated heterocycles. The molecule has 5 heteroatoms. The molecule has 1 N–H and O–H groups in total. The van der Waals surface area contributed by atoms with Crippen molar-refractivity contribution in [3.63, 3.8) is 0 Å². The lowest BCUT2D eigenvalue weighted by atomic mass is 10.3. The van der Waals surface area contributed by atoms with Crippen LogP contribution in [0.25, 0.3) is 11.0 Å². The highest BCUT2D eigenvalue weighted by molar-refractivity contribution is 7.91. The second kappa shape index (κ2) is 3.09. The summed E-state index contributed by atoms with van der Waals surface area (Å²) < 4.78 is 23.1. The molecule has 74 valence electrons. The summed E-state index contributed by atoms with van der Waals surface area (Å²) in [6.07, 6.45) is 1.55. The van der Waals surface area contributed by atoms with Crippen LogP contribution in [-0.4, -0.2) is 24.1 Å². The van der Waals surface area contributed by atoms with Gasteiger partial charge in [0.15, 0.2) is 9.84 Å². The lowest BCUT2D eigenvalue weighted by Crippen LogP contribution is -2.03. The summed E-state index contributed by atoms with van der Waals surface area (Å²) in [5, 5.41) is 0. The molecule has 0 unspecified atom stereocenters. The first-order chi connectivity index (χ1) is 6.63. The molecule has 0 bridgehead atoms. The molecule has 2 aromatic rings. The van der Waals surface area contributed by atoms with Crippen molar-refractivity contribution in [3.8, 4) is 0 Å². The molecule has 0 saturated carbocycles. The van der Waals surface area contributed by atoms with Crippen LogP contribution in [0.15, 0.2) is 29.4 Å². The average Bonchev–Trinajstić information content (AvgIpc) is 2.64. The summed E-state index contributed by atoms with van der Waals surface area (Å²) >= 11 is 0. The van der Waals surface area contributed by atoms with E-state index in [1.807, 2.05) is 0 Å². The van der Waals surface area contributed by atoms with E-state index in [1.54, 1.807) is 31.5 Å². The Morgan fingerprint density at radius 2 is 2.21 bits per heavy atom. The fourth-order valence-electron chi connectivity index (χ4n) is 1.27. The number of nitrogens with zero attached hydrogens (tertiary/aromatic N) is 1. The van der Waals surface area contributed by atoms with Crippen LogP contribution in [0.5, 0.6) is 0 Å². The Hall–Kier alpha value is -1.36. The van der Waals surface area contributed by atoms with Crippen LogP contribution in [0.2, 0.25) is 0 Å². The van der Waals surface area contributed by atoms with Crippen molar-refractivity contribution in [1.29, 1.82) is 0 Å². The van der Waals surface area contributed by atoms with Crippen molar-refractivity contribution in [2.75, 3.05) is 5.75 Å². The van der Waals surface area contributed by atoms with Crippen LogP contribution >= 0.6 is 0 Å². The predicted octanol–water partition coefficient (Wildman–Crippen LogP) is 1.36. The number of aromatic amines is 1. The van der Waals surface area contributed by atoms with Gasteiger partial charge in [-0.1, -0.05) is 6.92 Å². The second-order valence-corrected chi connectivity index (χ2v) is 5.26. The van der Waals surface area contributed by atoms with Gasteiger partial charge in [0.1, 0.15) is 0 Å². The topological polar surface area (TPSA) is 62.8 Å². The van der Waals surface area contributed by atoms with Gasteiger partial charge >= 0.3 is 0 Å². The molecule has 14 heavy (non-hydrogen) atoms. The Kier molecular flexibility index (Phi) is 2.03. The number of hydrogen-bond acceptors (Lipinski definition) is 3. The van der Waals surface area contributed by atoms with Gasteiger partial charge in [0.05, 0.1) is 28.0 Å². The minimum atomic E-state index is -3.12. The molecular formula is C9H10N2O2S. The first-order valence-electron chi connectivity index (χ1n) is 4.29. The van der Waals surface area contributed by atoms with Crippen molar-refractivity contribution >= 4 is 20.9 Å². The Labute approximate surface area is 81.9 Å². The van der Waals surface area contributed by atoms with E-state index < -0.39 is 9.84 Å². The zero-order valence-corrected chi connectivity index (χ0v) is 8.50. The number of fused-ring (bicyclic) bond motifs is 1. The van der Waals surface area contributed by atoms with Gasteiger partial charge in [-0.15, -0.1) is 0 Å². The summed E-state index contributed by atoms with van der Waals surface area (Å²) in [6, 6.07) is 4.91. The molecule has 0 aliphatic carbocycles. The zero-order chi connectivity index (χ0) is 10.2. The van der Waals surface area contributed by atoms with E-state index in [4.69, 9.17) is 0 Å². The maximum Gasteiger partial charge on any atom is 0.178 e. The second-order valence-electron chi connectivity index (χ2n) is 2.98. The Morgan fingerprint density at radius 3 is 2.93 bits per heavy atom. The Balaban J connectivity index is 2.65. The molecule has 4 nitrogen and oxygen atoms in total. The van der Waals surface area contributed by atoms with E-state index in [9.17, 15) is 8.42 Å². The third kappa shape index (κ3) is 1.39. The van der Waals surface area contributed by atoms with Crippen molar-refractivity contribution in [2.24, 2.45) is 0 Å². The number of nitrogens with one attached hydrogen (secondary N) is 1. The van der Waals surface area contributed by atoms with Gasteiger partial charge < -0.3 is 4.98 Å². The van der Waals surface area contributed by atoms with E-state index >= 15 is 0 Å². The monoisotopic (exact) mass is 210 g/mol. The van der Waals surface area contributed by atoms with Crippen molar-refractivity contribution < 1.29 is 8.42 Å². The first-order valence-corrected chi connectivity index (χ1v) is 5.94. The highest BCUT2D eigenvalue weighted by Crippen LogP contribution is 2.16. The summed E-state index contributed by atoms with van der Waals surface area (Å²) in [5.74, 6) is 0.114. The summed E-state index contributed by atoms with van der Waals surface area (Å²) in [4.78, 5) is 7.25. The molecule has 1 heterocycles.